The van der Waals surface area contributed by atoms with Crippen LogP contribution in [0.15, 0.2) is 12.3 Å². The van der Waals surface area contributed by atoms with Gasteiger partial charge >= 0.3 is 6.18 Å². The van der Waals surface area contributed by atoms with E-state index in [1.165, 1.54) is 15.6 Å². The fraction of sp³-hybridized carbons (Fsp3) is 0.286. The molecule has 3 N–H and O–H groups in total. The van der Waals surface area contributed by atoms with Gasteiger partial charge in [0, 0.05) is 23.7 Å². The van der Waals surface area contributed by atoms with Crippen LogP contribution in [0.4, 0.5) is 18.9 Å². The molecule has 2 amide bonds. The van der Waals surface area contributed by atoms with E-state index in [0.717, 1.165) is 6.07 Å². The lowest BCUT2D eigenvalue weighted by Crippen LogP contribution is -2.22. The van der Waals surface area contributed by atoms with Crippen LogP contribution < -0.4 is 11.1 Å². The lowest BCUT2D eigenvalue weighted by atomic mass is 10.0. The number of primary amides is 1. The summed E-state index contributed by atoms with van der Waals surface area (Å²) >= 11 is 6.81. The standard InChI is InChI=1S/C21H19ClF3N7O2S/c1-8-16(22)10(3)32(30-8)7-14(33)29-17-15-11(12-6-27-31(4)9(12)2)5-13(21(23,24)25)28-20(15)35-18(17)19(26)34/h5-6H,7H2,1-4H3,(H2,26,34)(H,29,33). The van der Waals surface area contributed by atoms with E-state index in [4.69, 9.17) is 17.3 Å². The first-order chi connectivity index (χ1) is 16.3. The molecule has 0 saturated carbocycles. The van der Waals surface area contributed by atoms with Crippen molar-refractivity contribution in [1.82, 2.24) is 24.5 Å². The highest BCUT2D eigenvalue weighted by atomic mass is 35.5. The number of amides is 2. The number of carbonyl (C=O) groups is 2. The van der Waals surface area contributed by atoms with Crippen molar-refractivity contribution in [3.63, 3.8) is 0 Å². The van der Waals surface area contributed by atoms with Crippen molar-refractivity contribution in [2.45, 2.75) is 33.5 Å². The molecule has 0 bridgehead atoms. The van der Waals surface area contributed by atoms with E-state index in [0.29, 0.717) is 39.0 Å². The Bertz CT molecular complexity index is 1500. The summed E-state index contributed by atoms with van der Waals surface area (Å²) in [7, 11) is 1.65. The number of nitrogens with two attached hydrogens (primary N) is 1. The summed E-state index contributed by atoms with van der Waals surface area (Å²) in [6.45, 7) is 4.82. The van der Waals surface area contributed by atoms with Gasteiger partial charge in [-0.3, -0.25) is 19.0 Å². The second-order valence-electron chi connectivity index (χ2n) is 7.86. The fourth-order valence-electron chi connectivity index (χ4n) is 3.66. The average Bonchev–Trinajstić information content (AvgIpc) is 3.38. The number of rotatable bonds is 5. The summed E-state index contributed by atoms with van der Waals surface area (Å²) in [5.74, 6) is -1.50. The van der Waals surface area contributed by atoms with E-state index >= 15 is 0 Å². The molecular formula is C21H19ClF3N7O2S. The number of carbonyl (C=O) groups excluding carboxylic acids is 2. The number of hydrogen-bond acceptors (Lipinski definition) is 6. The number of halogens is 4. The SMILES string of the molecule is Cc1nn(CC(=O)Nc2c(C(N)=O)sc3nc(C(F)(F)F)cc(-c4cnn(C)c4C)c23)c(C)c1Cl. The van der Waals surface area contributed by atoms with Crippen LogP contribution in [0.25, 0.3) is 21.3 Å². The van der Waals surface area contributed by atoms with Gasteiger partial charge in [0.05, 0.1) is 28.3 Å². The maximum atomic E-state index is 13.6. The van der Waals surface area contributed by atoms with Crippen molar-refractivity contribution in [3.05, 3.63) is 44.9 Å². The smallest absolute Gasteiger partial charge is 0.365 e. The van der Waals surface area contributed by atoms with Crippen molar-refractivity contribution in [1.29, 1.82) is 0 Å². The van der Waals surface area contributed by atoms with Crippen LogP contribution in [0.2, 0.25) is 5.02 Å². The Hall–Kier alpha value is -3.45. The maximum absolute atomic E-state index is 13.6. The van der Waals surface area contributed by atoms with Crippen molar-refractivity contribution in [3.8, 4) is 11.1 Å². The molecule has 0 unspecified atom stereocenters. The quantitative estimate of drug-likeness (QED) is 0.404. The first-order valence-corrected chi connectivity index (χ1v) is 11.3. The predicted octanol–water partition coefficient (Wildman–Crippen LogP) is 4.23. The summed E-state index contributed by atoms with van der Waals surface area (Å²) in [6.07, 6.45) is -3.33. The number of pyridine rings is 1. The Morgan fingerprint density at radius 2 is 1.89 bits per heavy atom. The van der Waals surface area contributed by atoms with Gasteiger partial charge in [0.15, 0.2) is 0 Å². The van der Waals surface area contributed by atoms with Crippen LogP contribution in [-0.4, -0.2) is 36.4 Å². The monoisotopic (exact) mass is 525 g/mol. The van der Waals surface area contributed by atoms with Crippen molar-refractivity contribution in [2.24, 2.45) is 12.8 Å². The third-order valence-corrected chi connectivity index (χ3v) is 7.20. The van der Waals surface area contributed by atoms with E-state index < -0.39 is 23.7 Å². The fourth-order valence-corrected chi connectivity index (χ4v) is 4.80. The Kier molecular flexibility index (Phi) is 6.09. The highest BCUT2D eigenvalue weighted by Crippen LogP contribution is 2.44. The average molecular weight is 526 g/mol. The number of anilines is 1. The van der Waals surface area contributed by atoms with Crippen molar-refractivity contribution >= 4 is 50.7 Å². The second-order valence-corrected chi connectivity index (χ2v) is 9.24. The normalized spacial score (nSPS) is 11.9. The van der Waals surface area contributed by atoms with Crippen LogP contribution in [0, 0.1) is 20.8 Å². The van der Waals surface area contributed by atoms with Crippen LogP contribution in [0.1, 0.15) is 32.4 Å². The van der Waals surface area contributed by atoms with E-state index in [2.05, 4.69) is 20.5 Å². The second kappa shape index (κ2) is 8.64. The predicted molar refractivity (Wildman–Crippen MR) is 125 cm³/mol. The maximum Gasteiger partial charge on any atom is 0.433 e. The Morgan fingerprint density at radius 3 is 2.40 bits per heavy atom. The number of fused-ring (bicyclic) bond motifs is 1. The number of aryl methyl sites for hydroxylation is 2. The zero-order valence-electron chi connectivity index (χ0n) is 18.9. The number of nitrogens with zero attached hydrogens (tertiary/aromatic N) is 5. The first-order valence-electron chi connectivity index (χ1n) is 10.1. The van der Waals surface area contributed by atoms with Gasteiger partial charge in [-0.15, -0.1) is 11.3 Å². The van der Waals surface area contributed by atoms with Gasteiger partial charge in [0.25, 0.3) is 5.91 Å². The number of thiophene rings is 1. The molecule has 9 nitrogen and oxygen atoms in total. The number of hydrogen-bond donors (Lipinski definition) is 2. The highest BCUT2D eigenvalue weighted by Gasteiger charge is 2.35. The minimum atomic E-state index is -4.74. The summed E-state index contributed by atoms with van der Waals surface area (Å²) < 4.78 is 43.8. The minimum absolute atomic E-state index is 0.0189. The van der Waals surface area contributed by atoms with E-state index in [1.54, 1.807) is 27.8 Å². The van der Waals surface area contributed by atoms with E-state index in [-0.39, 0.29) is 32.9 Å². The molecule has 4 rings (SSSR count). The number of aromatic nitrogens is 5. The Labute approximate surface area is 205 Å². The summed E-state index contributed by atoms with van der Waals surface area (Å²) in [5.41, 5.74) is 6.53. The molecule has 0 aliphatic rings. The van der Waals surface area contributed by atoms with Crippen molar-refractivity contribution in [2.75, 3.05) is 5.32 Å². The van der Waals surface area contributed by atoms with E-state index in [1.807, 2.05) is 0 Å². The molecule has 4 heterocycles. The summed E-state index contributed by atoms with van der Waals surface area (Å²) in [4.78, 5) is 28.6. The van der Waals surface area contributed by atoms with Crippen LogP contribution in [0.5, 0.6) is 0 Å². The largest absolute Gasteiger partial charge is 0.433 e. The highest BCUT2D eigenvalue weighted by molar-refractivity contribution is 7.21. The van der Waals surface area contributed by atoms with Gasteiger partial charge < -0.3 is 11.1 Å². The zero-order chi connectivity index (χ0) is 25.8. The molecule has 0 aliphatic heterocycles. The van der Waals surface area contributed by atoms with Gasteiger partial charge in [0.1, 0.15) is 21.9 Å². The summed E-state index contributed by atoms with van der Waals surface area (Å²) in [5, 5.41) is 11.5. The minimum Gasteiger partial charge on any atom is -0.365 e. The number of alkyl halides is 3. The molecule has 0 aliphatic carbocycles. The molecule has 0 radical (unpaired) electrons. The van der Waals surface area contributed by atoms with Gasteiger partial charge in [0.2, 0.25) is 5.91 Å². The van der Waals surface area contributed by atoms with Gasteiger partial charge in [-0.05, 0) is 32.4 Å². The lowest BCUT2D eigenvalue weighted by Gasteiger charge is -2.12. The third-order valence-electron chi connectivity index (χ3n) is 5.55. The molecule has 35 heavy (non-hydrogen) atoms. The third kappa shape index (κ3) is 4.36. The molecule has 4 aromatic rings. The first kappa shape index (κ1) is 24.7. The number of nitrogens with one attached hydrogen (secondary N) is 1. The lowest BCUT2D eigenvalue weighted by molar-refractivity contribution is -0.140. The molecule has 0 saturated heterocycles. The van der Waals surface area contributed by atoms with E-state index in [9.17, 15) is 22.8 Å². The zero-order valence-corrected chi connectivity index (χ0v) is 20.5. The van der Waals surface area contributed by atoms with Gasteiger partial charge in [-0.1, -0.05) is 11.6 Å². The Balaban J connectivity index is 1.91. The molecule has 0 spiro atoms. The molecule has 14 heteroatoms. The molecule has 0 fully saturated rings. The molecule has 0 aromatic carbocycles. The molecule has 0 atom stereocenters. The van der Waals surface area contributed by atoms with Crippen molar-refractivity contribution < 1.29 is 22.8 Å². The van der Waals surface area contributed by atoms with Crippen LogP contribution in [0.3, 0.4) is 0 Å². The van der Waals surface area contributed by atoms with Crippen LogP contribution in [-0.2, 0) is 24.6 Å². The molecule has 184 valence electrons. The van der Waals surface area contributed by atoms with Gasteiger partial charge in [-0.2, -0.15) is 23.4 Å². The summed E-state index contributed by atoms with van der Waals surface area (Å²) in [6, 6.07) is 0.875. The van der Waals surface area contributed by atoms with Crippen LogP contribution >= 0.6 is 22.9 Å². The topological polar surface area (TPSA) is 121 Å². The van der Waals surface area contributed by atoms with Gasteiger partial charge in [-0.25, -0.2) is 4.98 Å². The molecular weight excluding hydrogens is 507 g/mol. The Morgan fingerprint density at radius 1 is 1.20 bits per heavy atom. The molecule has 4 aromatic heterocycles.